The molecule has 0 unspecified atom stereocenters. The maximum atomic E-state index is 12.1. The molecule has 0 radical (unpaired) electrons. The van der Waals surface area contributed by atoms with Gasteiger partial charge in [-0.1, -0.05) is 6.07 Å². The van der Waals surface area contributed by atoms with Crippen molar-refractivity contribution in [1.29, 1.82) is 0 Å². The Bertz CT molecular complexity index is 845. The average molecular weight is 374 g/mol. The molecule has 3 aromatic rings. The Morgan fingerprint density at radius 1 is 1.30 bits per heavy atom. The molecule has 1 amide bonds. The Morgan fingerprint density at radius 2 is 2.17 bits per heavy atom. The number of rotatable bonds is 5. The number of H-pyrrole nitrogens is 1. The summed E-state index contributed by atoms with van der Waals surface area (Å²) in [6.45, 7) is 0. The van der Waals surface area contributed by atoms with E-state index < -0.39 is 0 Å². The number of aromatic nitrogens is 2. The van der Waals surface area contributed by atoms with Crippen molar-refractivity contribution >= 4 is 38.4 Å². The van der Waals surface area contributed by atoms with Gasteiger partial charge in [0.1, 0.15) is 5.75 Å². The van der Waals surface area contributed by atoms with E-state index in [0.29, 0.717) is 12.8 Å². The van der Waals surface area contributed by atoms with Gasteiger partial charge in [0, 0.05) is 17.5 Å². The van der Waals surface area contributed by atoms with Crippen LogP contribution < -0.4 is 10.1 Å². The molecule has 2 aromatic carbocycles. The van der Waals surface area contributed by atoms with Crippen LogP contribution in [0.2, 0.25) is 0 Å². The highest BCUT2D eigenvalue weighted by Gasteiger charge is 2.06. The topological polar surface area (TPSA) is 67.0 Å². The number of carbonyl (C=O) groups excluding carboxylic acids is 1. The maximum Gasteiger partial charge on any atom is 0.224 e. The zero-order valence-electron chi connectivity index (χ0n) is 12.6. The summed E-state index contributed by atoms with van der Waals surface area (Å²) in [5, 5.41) is 10.7. The fourth-order valence-electron chi connectivity index (χ4n) is 2.37. The van der Waals surface area contributed by atoms with Crippen LogP contribution in [-0.2, 0) is 11.2 Å². The van der Waals surface area contributed by atoms with Crippen molar-refractivity contribution < 1.29 is 9.53 Å². The van der Waals surface area contributed by atoms with Crippen LogP contribution in [0.3, 0.4) is 0 Å². The maximum absolute atomic E-state index is 12.1. The fraction of sp³-hybridized carbons (Fsp3) is 0.176. The van der Waals surface area contributed by atoms with Gasteiger partial charge in [-0.15, -0.1) is 0 Å². The van der Waals surface area contributed by atoms with Crippen LogP contribution in [-0.4, -0.2) is 23.2 Å². The molecule has 0 aliphatic rings. The van der Waals surface area contributed by atoms with E-state index >= 15 is 0 Å². The molecular formula is C17H16BrN3O2. The number of carbonyl (C=O) groups is 1. The normalized spacial score (nSPS) is 10.7. The molecule has 2 N–H and O–H groups in total. The molecule has 0 bridgehead atoms. The number of aryl methyl sites for hydroxylation is 1. The molecule has 0 aliphatic heterocycles. The van der Waals surface area contributed by atoms with Gasteiger partial charge in [-0.25, -0.2) is 0 Å². The Labute approximate surface area is 142 Å². The Kier molecular flexibility index (Phi) is 4.62. The second kappa shape index (κ2) is 6.83. The summed E-state index contributed by atoms with van der Waals surface area (Å²) in [5.41, 5.74) is 2.81. The minimum Gasteiger partial charge on any atom is -0.496 e. The van der Waals surface area contributed by atoms with Crippen molar-refractivity contribution in [1.82, 2.24) is 10.2 Å². The first kappa shape index (κ1) is 15.6. The largest absolute Gasteiger partial charge is 0.496 e. The quantitative estimate of drug-likeness (QED) is 0.712. The predicted octanol–water partition coefficient (Wildman–Crippen LogP) is 3.91. The smallest absolute Gasteiger partial charge is 0.224 e. The van der Waals surface area contributed by atoms with Crippen LogP contribution in [0.5, 0.6) is 5.75 Å². The van der Waals surface area contributed by atoms with Gasteiger partial charge in [0.05, 0.1) is 23.3 Å². The summed E-state index contributed by atoms with van der Waals surface area (Å²) < 4.78 is 6.09. The van der Waals surface area contributed by atoms with Crippen LogP contribution in [0.1, 0.15) is 12.0 Å². The first-order valence-electron chi connectivity index (χ1n) is 7.21. The Hall–Kier alpha value is -2.34. The lowest BCUT2D eigenvalue weighted by Crippen LogP contribution is -2.12. The predicted molar refractivity (Wildman–Crippen MR) is 93.7 cm³/mol. The second-order valence-corrected chi connectivity index (χ2v) is 6.04. The summed E-state index contributed by atoms with van der Waals surface area (Å²) in [4.78, 5) is 12.1. The summed E-state index contributed by atoms with van der Waals surface area (Å²) in [7, 11) is 1.63. The molecule has 0 aliphatic carbocycles. The van der Waals surface area contributed by atoms with E-state index in [4.69, 9.17) is 4.74 Å². The number of nitrogens with one attached hydrogen (secondary N) is 2. The lowest BCUT2D eigenvalue weighted by Gasteiger charge is -2.07. The van der Waals surface area contributed by atoms with Crippen molar-refractivity contribution in [2.75, 3.05) is 12.4 Å². The summed E-state index contributed by atoms with van der Waals surface area (Å²) >= 11 is 3.45. The molecule has 1 aromatic heterocycles. The Balaban J connectivity index is 1.59. The highest BCUT2D eigenvalue weighted by molar-refractivity contribution is 9.10. The summed E-state index contributed by atoms with van der Waals surface area (Å²) in [5.74, 6) is 0.770. The lowest BCUT2D eigenvalue weighted by atomic mass is 10.1. The molecule has 0 saturated heterocycles. The fourth-order valence-corrected chi connectivity index (χ4v) is 2.96. The SMILES string of the molecule is COc1ccc(CCC(=O)Nc2ccc3[nH]ncc3c2)cc1Br. The van der Waals surface area contributed by atoms with Gasteiger partial charge >= 0.3 is 0 Å². The van der Waals surface area contributed by atoms with Crippen LogP contribution in [0.15, 0.2) is 47.1 Å². The van der Waals surface area contributed by atoms with Gasteiger partial charge in [-0.2, -0.15) is 5.10 Å². The van der Waals surface area contributed by atoms with Crippen molar-refractivity contribution in [2.45, 2.75) is 12.8 Å². The molecule has 23 heavy (non-hydrogen) atoms. The third kappa shape index (κ3) is 3.71. The first-order chi connectivity index (χ1) is 11.2. The minimum atomic E-state index is -0.0141. The van der Waals surface area contributed by atoms with Gasteiger partial charge < -0.3 is 10.1 Å². The van der Waals surface area contributed by atoms with Crippen molar-refractivity contribution in [2.24, 2.45) is 0 Å². The number of nitrogens with zero attached hydrogens (tertiary/aromatic N) is 1. The number of hydrogen-bond donors (Lipinski definition) is 2. The van der Waals surface area contributed by atoms with E-state index in [1.165, 1.54) is 0 Å². The number of fused-ring (bicyclic) bond motifs is 1. The van der Waals surface area contributed by atoms with Crippen LogP contribution >= 0.6 is 15.9 Å². The number of anilines is 1. The van der Waals surface area contributed by atoms with Gasteiger partial charge in [-0.05, 0) is 58.2 Å². The molecule has 0 atom stereocenters. The molecular weight excluding hydrogens is 358 g/mol. The monoisotopic (exact) mass is 373 g/mol. The van der Waals surface area contributed by atoms with Crippen LogP contribution in [0, 0.1) is 0 Å². The highest BCUT2D eigenvalue weighted by Crippen LogP contribution is 2.26. The molecule has 6 heteroatoms. The van der Waals surface area contributed by atoms with E-state index in [0.717, 1.165) is 32.4 Å². The molecule has 0 spiro atoms. The first-order valence-corrected chi connectivity index (χ1v) is 8.00. The number of ether oxygens (including phenoxy) is 1. The number of aromatic amines is 1. The van der Waals surface area contributed by atoms with Crippen LogP contribution in [0.4, 0.5) is 5.69 Å². The third-order valence-corrected chi connectivity index (χ3v) is 4.20. The van der Waals surface area contributed by atoms with Gasteiger partial charge in [-0.3, -0.25) is 9.89 Å². The zero-order chi connectivity index (χ0) is 16.2. The third-order valence-electron chi connectivity index (χ3n) is 3.58. The molecule has 1 heterocycles. The molecule has 5 nitrogen and oxygen atoms in total. The summed E-state index contributed by atoms with van der Waals surface area (Å²) in [6, 6.07) is 11.5. The van der Waals surface area contributed by atoms with Gasteiger partial charge in [0.25, 0.3) is 0 Å². The van der Waals surface area contributed by atoms with Crippen LogP contribution in [0.25, 0.3) is 10.9 Å². The van der Waals surface area contributed by atoms with Gasteiger partial charge in [0.15, 0.2) is 0 Å². The van der Waals surface area contributed by atoms with E-state index in [1.807, 2.05) is 36.4 Å². The number of halogens is 1. The number of amides is 1. The number of methoxy groups -OCH3 is 1. The van der Waals surface area contributed by atoms with E-state index in [-0.39, 0.29) is 5.91 Å². The number of hydrogen-bond acceptors (Lipinski definition) is 3. The average Bonchev–Trinajstić information content (AvgIpc) is 3.01. The lowest BCUT2D eigenvalue weighted by molar-refractivity contribution is -0.116. The molecule has 0 saturated carbocycles. The second-order valence-electron chi connectivity index (χ2n) is 5.19. The van der Waals surface area contributed by atoms with E-state index in [2.05, 4.69) is 31.4 Å². The molecule has 118 valence electrons. The minimum absolute atomic E-state index is 0.0141. The standard InChI is InChI=1S/C17H16BrN3O2/c1-23-16-6-2-11(8-14(16)18)3-7-17(22)20-13-4-5-15-12(9-13)10-19-21-15/h2,4-6,8-10H,3,7H2,1H3,(H,19,21)(H,20,22). The Morgan fingerprint density at radius 3 is 2.96 bits per heavy atom. The molecule has 3 rings (SSSR count). The zero-order valence-corrected chi connectivity index (χ0v) is 14.2. The summed E-state index contributed by atoms with van der Waals surface area (Å²) in [6.07, 6.45) is 2.82. The number of benzene rings is 2. The van der Waals surface area contributed by atoms with E-state index in [9.17, 15) is 4.79 Å². The van der Waals surface area contributed by atoms with Gasteiger partial charge in [0.2, 0.25) is 5.91 Å². The highest BCUT2D eigenvalue weighted by atomic mass is 79.9. The van der Waals surface area contributed by atoms with Crippen molar-refractivity contribution in [3.63, 3.8) is 0 Å². The van der Waals surface area contributed by atoms with E-state index in [1.54, 1.807) is 13.3 Å². The van der Waals surface area contributed by atoms with Crippen molar-refractivity contribution in [3.8, 4) is 5.75 Å². The van der Waals surface area contributed by atoms with Crippen molar-refractivity contribution in [3.05, 3.63) is 52.6 Å². The molecule has 0 fully saturated rings.